The van der Waals surface area contributed by atoms with E-state index >= 15 is 0 Å². The van der Waals surface area contributed by atoms with Gasteiger partial charge in [0.25, 0.3) is 5.91 Å². The number of ether oxygens (including phenoxy) is 3. The molecule has 29 heavy (non-hydrogen) atoms. The molecule has 4 aromatic rings. The van der Waals surface area contributed by atoms with Crippen LogP contribution in [0.4, 0.5) is 0 Å². The molecule has 1 amide bonds. The van der Waals surface area contributed by atoms with Crippen LogP contribution in [0.25, 0.3) is 21.8 Å². The second-order valence-electron chi connectivity index (χ2n) is 6.67. The minimum Gasteiger partial charge on any atom is -0.497 e. The summed E-state index contributed by atoms with van der Waals surface area (Å²) in [6.07, 6.45) is 2.67. The summed E-state index contributed by atoms with van der Waals surface area (Å²) in [5.74, 6) is 1.97. The normalized spacial score (nSPS) is 11.0. The summed E-state index contributed by atoms with van der Waals surface area (Å²) >= 11 is 0. The van der Waals surface area contributed by atoms with Gasteiger partial charge in [-0.1, -0.05) is 0 Å². The largest absolute Gasteiger partial charge is 0.497 e. The van der Waals surface area contributed by atoms with E-state index in [1.807, 2.05) is 36.5 Å². The number of carbonyl (C=O) groups is 1. The van der Waals surface area contributed by atoms with Gasteiger partial charge in [-0.15, -0.1) is 0 Å². The summed E-state index contributed by atoms with van der Waals surface area (Å²) < 4.78 is 16.1. The summed E-state index contributed by atoms with van der Waals surface area (Å²) in [6.45, 7) is 0.507. The highest BCUT2D eigenvalue weighted by atomic mass is 16.5. The zero-order chi connectivity index (χ0) is 20.4. The Bertz CT molecular complexity index is 1130. The average molecular weight is 393 g/mol. The lowest BCUT2D eigenvalue weighted by Gasteiger charge is -2.05. The van der Waals surface area contributed by atoms with Crippen LogP contribution in [-0.2, 0) is 6.42 Å². The molecule has 3 N–H and O–H groups in total. The zero-order valence-corrected chi connectivity index (χ0v) is 16.6. The molecule has 0 fully saturated rings. The summed E-state index contributed by atoms with van der Waals surface area (Å²) in [4.78, 5) is 19.0. The van der Waals surface area contributed by atoms with Gasteiger partial charge < -0.3 is 29.5 Å². The minimum atomic E-state index is -0.178. The molecule has 0 radical (unpaired) electrons. The molecule has 0 saturated carbocycles. The molecule has 2 aromatic carbocycles. The van der Waals surface area contributed by atoms with Crippen LogP contribution in [0.2, 0.25) is 0 Å². The topological polar surface area (TPSA) is 88.4 Å². The molecular formula is C22H23N3O4. The van der Waals surface area contributed by atoms with E-state index in [0.29, 0.717) is 30.2 Å². The number of aromatic amines is 2. The summed E-state index contributed by atoms with van der Waals surface area (Å²) in [5, 5.41) is 4.87. The molecule has 0 atom stereocenters. The minimum absolute atomic E-state index is 0.178. The lowest BCUT2D eigenvalue weighted by atomic mass is 10.1. The molecule has 2 heterocycles. The van der Waals surface area contributed by atoms with Gasteiger partial charge in [-0.25, -0.2) is 0 Å². The Balaban J connectivity index is 1.49. The summed E-state index contributed by atoms with van der Waals surface area (Å²) in [5.41, 5.74) is 3.37. The molecule has 7 nitrogen and oxygen atoms in total. The molecule has 0 bridgehead atoms. The zero-order valence-electron chi connectivity index (χ0n) is 16.6. The van der Waals surface area contributed by atoms with E-state index in [2.05, 4.69) is 15.3 Å². The van der Waals surface area contributed by atoms with Gasteiger partial charge in [0.15, 0.2) is 0 Å². The van der Waals surface area contributed by atoms with E-state index in [1.165, 1.54) is 0 Å². The Morgan fingerprint density at radius 3 is 2.52 bits per heavy atom. The lowest BCUT2D eigenvalue weighted by Crippen LogP contribution is -2.25. The first-order chi connectivity index (χ1) is 14.1. The van der Waals surface area contributed by atoms with Crippen molar-refractivity contribution in [1.29, 1.82) is 0 Å². The van der Waals surface area contributed by atoms with Crippen LogP contribution in [0.3, 0.4) is 0 Å². The van der Waals surface area contributed by atoms with Gasteiger partial charge >= 0.3 is 0 Å². The van der Waals surface area contributed by atoms with E-state index in [0.717, 1.165) is 33.1 Å². The van der Waals surface area contributed by atoms with Crippen LogP contribution >= 0.6 is 0 Å². The van der Waals surface area contributed by atoms with Crippen LogP contribution in [-0.4, -0.2) is 43.7 Å². The number of amides is 1. The van der Waals surface area contributed by atoms with Crippen molar-refractivity contribution in [2.75, 3.05) is 27.9 Å². The third-order valence-electron chi connectivity index (χ3n) is 5.05. The van der Waals surface area contributed by atoms with Crippen LogP contribution in [0.5, 0.6) is 17.2 Å². The fourth-order valence-electron chi connectivity index (χ4n) is 3.54. The van der Waals surface area contributed by atoms with E-state index in [9.17, 15) is 4.79 Å². The predicted octanol–water partition coefficient (Wildman–Crippen LogP) is 3.65. The number of hydrogen-bond acceptors (Lipinski definition) is 4. The first kappa shape index (κ1) is 18.7. The molecule has 0 aliphatic rings. The van der Waals surface area contributed by atoms with Crippen molar-refractivity contribution < 1.29 is 19.0 Å². The second kappa shape index (κ2) is 7.79. The first-order valence-corrected chi connectivity index (χ1v) is 9.30. The number of fused-ring (bicyclic) bond motifs is 2. The number of benzene rings is 2. The van der Waals surface area contributed by atoms with Crippen molar-refractivity contribution in [1.82, 2.24) is 15.3 Å². The molecule has 0 aliphatic carbocycles. The maximum absolute atomic E-state index is 12.7. The smallest absolute Gasteiger partial charge is 0.267 e. The number of nitrogens with one attached hydrogen (secondary N) is 3. The third-order valence-corrected chi connectivity index (χ3v) is 5.05. The van der Waals surface area contributed by atoms with Gasteiger partial charge in [-0.05, 0) is 48.4 Å². The molecule has 0 unspecified atom stereocenters. The van der Waals surface area contributed by atoms with Crippen LogP contribution in [0.1, 0.15) is 16.1 Å². The molecule has 0 spiro atoms. The van der Waals surface area contributed by atoms with Crippen molar-refractivity contribution in [3.8, 4) is 17.2 Å². The SMILES string of the molecule is COc1ccc2[nH]cc(CCNC(=O)c3cc4c(OC)ccc(OC)c4[nH]3)c2c1. The van der Waals surface area contributed by atoms with Gasteiger partial charge in [0, 0.05) is 29.0 Å². The lowest BCUT2D eigenvalue weighted by molar-refractivity contribution is 0.0950. The van der Waals surface area contributed by atoms with Crippen LogP contribution < -0.4 is 19.5 Å². The fraction of sp³-hybridized carbons (Fsp3) is 0.227. The Morgan fingerprint density at radius 2 is 1.76 bits per heavy atom. The fourth-order valence-corrected chi connectivity index (χ4v) is 3.54. The number of carbonyl (C=O) groups excluding carboxylic acids is 1. The summed E-state index contributed by atoms with van der Waals surface area (Å²) in [6, 6.07) is 11.3. The van der Waals surface area contributed by atoms with Gasteiger partial charge in [0.05, 0.1) is 26.8 Å². The monoisotopic (exact) mass is 393 g/mol. The van der Waals surface area contributed by atoms with E-state index in [1.54, 1.807) is 27.4 Å². The van der Waals surface area contributed by atoms with Gasteiger partial charge in [-0.3, -0.25) is 4.79 Å². The molecular weight excluding hydrogens is 370 g/mol. The number of hydrogen-bond donors (Lipinski definition) is 3. The predicted molar refractivity (Wildman–Crippen MR) is 112 cm³/mol. The quantitative estimate of drug-likeness (QED) is 0.447. The molecule has 2 aromatic heterocycles. The highest BCUT2D eigenvalue weighted by molar-refractivity contribution is 6.01. The molecule has 4 rings (SSSR count). The van der Waals surface area contributed by atoms with E-state index in [4.69, 9.17) is 14.2 Å². The first-order valence-electron chi connectivity index (χ1n) is 9.30. The van der Waals surface area contributed by atoms with Crippen molar-refractivity contribution in [3.05, 3.63) is 53.9 Å². The standard InChI is InChI=1S/C22H23N3O4/c1-27-14-4-5-17-15(10-14)13(12-24-17)8-9-23-22(26)18-11-16-19(28-2)6-7-20(29-3)21(16)25-18/h4-7,10-12,24-25H,8-9H2,1-3H3,(H,23,26). The second-order valence-corrected chi connectivity index (χ2v) is 6.67. The third kappa shape index (κ3) is 3.47. The highest BCUT2D eigenvalue weighted by Crippen LogP contribution is 2.33. The molecule has 150 valence electrons. The Labute approximate surface area is 168 Å². The number of methoxy groups -OCH3 is 3. The van der Waals surface area contributed by atoms with Crippen molar-refractivity contribution in [2.45, 2.75) is 6.42 Å². The van der Waals surface area contributed by atoms with Crippen molar-refractivity contribution >= 4 is 27.7 Å². The van der Waals surface area contributed by atoms with Crippen molar-refractivity contribution in [3.63, 3.8) is 0 Å². The number of aromatic nitrogens is 2. The van der Waals surface area contributed by atoms with Gasteiger partial charge in [0.2, 0.25) is 0 Å². The Kier molecular flexibility index (Phi) is 5.03. The molecule has 0 aliphatic heterocycles. The molecule has 7 heteroatoms. The Hall–Kier alpha value is -3.61. The van der Waals surface area contributed by atoms with E-state index in [-0.39, 0.29) is 5.91 Å². The van der Waals surface area contributed by atoms with Crippen molar-refractivity contribution in [2.24, 2.45) is 0 Å². The average Bonchev–Trinajstić information content (AvgIpc) is 3.37. The van der Waals surface area contributed by atoms with Crippen LogP contribution in [0.15, 0.2) is 42.6 Å². The van der Waals surface area contributed by atoms with Gasteiger partial charge in [-0.2, -0.15) is 0 Å². The maximum Gasteiger partial charge on any atom is 0.267 e. The highest BCUT2D eigenvalue weighted by Gasteiger charge is 2.15. The molecule has 0 saturated heterocycles. The van der Waals surface area contributed by atoms with Crippen LogP contribution in [0, 0.1) is 0 Å². The summed E-state index contributed by atoms with van der Waals surface area (Å²) in [7, 11) is 4.85. The van der Waals surface area contributed by atoms with E-state index < -0.39 is 0 Å². The maximum atomic E-state index is 12.7. The Morgan fingerprint density at radius 1 is 0.966 bits per heavy atom. The van der Waals surface area contributed by atoms with Gasteiger partial charge in [0.1, 0.15) is 22.9 Å². The number of rotatable bonds is 7. The number of H-pyrrole nitrogens is 2.